The summed E-state index contributed by atoms with van der Waals surface area (Å²) in [4.78, 5) is 0. The number of nitrogens with zero attached hydrogens (tertiary/aromatic N) is 2. The zero-order valence-corrected chi connectivity index (χ0v) is 16.6. The predicted molar refractivity (Wildman–Crippen MR) is 104 cm³/mol. The predicted octanol–water partition coefficient (Wildman–Crippen LogP) is 4.82. The fourth-order valence-corrected chi connectivity index (χ4v) is 7.66. The maximum Gasteiger partial charge on any atom is 0.0622 e. The van der Waals surface area contributed by atoms with E-state index >= 15 is 0 Å². The van der Waals surface area contributed by atoms with Gasteiger partial charge in [-0.25, -0.2) is 0 Å². The molecule has 0 aromatic carbocycles. The molecule has 1 heterocycles. The van der Waals surface area contributed by atoms with Crippen LogP contribution < -0.4 is 0 Å². The highest BCUT2D eigenvalue weighted by atomic mass is 16.3. The number of aromatic nitrogens is 2. The van der Waals surface area contributed by atoms with E-state index in [9.17, 15) is 5.11 Å². The van der Waals surface area contributed by atoms with Gasteiger partial charge in [-0.05, 0) is 98.9 Å². The molecule has 0 spiro atoms. The van der Waals surface area contributed by atoms with Crippen LogP contribution in [0.2, 0.25) is 0 Å². The Morgan fingerprint density at radius 2 is 1.88 bits per heavy atom. The first-order valence-corrected chi connectivity index (χ1v) is 10.8. The lowest BCUT2D eigenvalue weighted by Gasteiger charge is -2.56. The van der Waals surface area contributed by atoms with Gasteiger partial charge in [0.1, 0.15) is 0 Å². The Morgan fingerprint density at radius 3 is 2.65 bits per heavy atom. The molecule has 1 N–H and O–H groups in total. The molecule has 0 unspecified atom stereocenters. The minimum atomic E-state index is -0.403. The quantitative estimate of drug-likeness (QED) is 0.785. The summed E-state index contributed by atoms with van der Waals surface area (Å²) < 4.78 is 1.94. The van der Waals surface area contributed by atoms with E-state index in [0.29, 0.717) is 5.41 Å². The molecule has 0 bridgehead atoms. The van der Waals surface area contributed by atoms with Crippen LogP contribution in [0.25, 0.3) is 5.57 Å². The summed E-state index contributed by atoms with van der Waals surface area (Å²) in [7, 11) is 2.02. The summed E-state index contributed by atoms with van der Waals surface area (Å²) in [5.41, 5.74) is 2.86. The zero-order chi connectivity index (χ0) is 18.1. The molecule has 3 nitrogen and oxygen atoms in total. The van der Waals surface area contributed by atoms with E-state index in [-0.39, 0.29) is 0 Å². The Bertz CT molecular complexity index is 732. The minimum absolute atomic E-state index is 0.344. The molecule has 7 atom stereocenters. The van der Waals surface area contributed by atoms with Gasteiger partial charge in [0.2, 0.25) is 0 Å². The first-order chi connectivity index (χ1) is 12.4. The molecular formula is C23H34N2O. The Hall–Kier alpha value is -1.09. The van der Waals surface area contributed by atoms with Crippen molar-refractivity contribution >= 4 is 5.57 Å². The van der Waals surface area contributed by atoms with Crippen LogP contribution in [0, 0.1) is 35.0 Å². The number of aliphatic hydroxyl groups is 1. The van der Waals surface area contributed by atoms with Crippen LogP contribution in [0.5, 0.6) is 0 Å². The number of allylic oxidation sites excluding steroid dienone is 2. The van der Waals surface area contributed by atoms with Crippen molar-refractivity contribution in [2.24, 2.45) is 42.1 Å². The van der Waals surface area contributed by atoms with Gasteiger partial charge in [-0.1, -0.05) is 13.0 Å². The van der Waals surface area contributed by atoms with Gasteiger partial charge in [0.25, 0.3) is 0 Å². The van der Waals surface area contributed by atoms with E-state index in [4.69, 9.17) is 0 Å². The van der Waals surface area contributed by atoms with Crippen LogP contribution in [-0.4, -0.2) is 20.5 Å². The third-order valence-corrected chi connectivity index (χ3v) is 8.83. The number of fused-ring (bicyclic) bond motifs is 5. The summed E-state index contributed by atoms with van der Waals surface area (Å²) in [6, 6.07) is 0. The van der Waals surface area contributed by atoms with Crippen LogP contribution >= 0.6 is 0 Å². The summed E-state index contributed by atoms with van der Waals surface area (Å²) in [5, 5.41) is 15.0. The first-order valence-electron chi connectivity index (χ1n) is 10.8. The molecule has 0 aliphatic heterocycles. The summed E-state index contributed by atoms with van der Waals surface area (Å²) in [6.07, 6.45) is 16.8. The Labute approximate surface area is 157 Å². The fraction of sp³-hybridized carbons (Fsp3) is 0.783. The van der Waals surface area contributed by atoms with Crippen molar-refractivity contribution in [3.63, 3.8) is 0 Å². The normalized spacial score (nSPS) is 47.7. The highest BCUT2D eigenvalue weighted by Gasteiger charge is 2.55. The van der Waals surface area contributed by atoms with Gasteiger partial charge >= 0.3 is 0 Å². The standard InChI is InChI=1S/C23H34N2O/c1-22(26)10-8-17-15(12-22)4-5-19-18(17)9-11-23(2)20(6-7-21(19)23)16-13-24-25(3)14-16/h6,13-15,17-19,21,26H,4-5,7-12H2,1-3H3/t15-,17+,18-,19-,21+,22-,23-/m1/s1. The third kappa shape index (κ3) is 2.46. The van der Waals surface area contributed by atoms with Crippen LogP contribution in [0.3, 0.4) is 0 Å². The molecule has 0 radical (unpaired) electrons. The molecule has 3 saturated carbocycles. The zero-order valence-electron chi connectivity index (χ0n) is 16.6. The van der Waals surface area contributed by atoms with Gasteiger partial charge in [0.05, 0.1) is 11.8 Å². The van der Waals surface area contributed by atoms with E-state index in [2.05, 4.69) is 37.4 Å². The first kappa shape index (κ1) is 17.0. The van der Waals surface area contributed by atoms with Crippen LogP contribution in [0.15, 0.2) is 18.5 Å². The molecule has 0 amide bonds. The average molecular weight is 355 g/mol. The monoisotopic (exact) mass is 354 g/mol. The van der Waals surface area contributed by atoms with Gasteiger partial charge in [-0.2, -0.15) is 5.10 Å². The van der Waals surface area contributed by atoms with Gasteiger partial charge in [0.15, 0.2) is 0 Å². The molecule has 142 valence electrons. The highest BCUT2D eigenvalue weighted by molar-refractivity contribution is 5.72. The van der Waals surface area contributed by atoms with E-state index in [1.807, 2.05) is 11.7 Å². The fourth-order valence-electron chi connectivity index (χ4n) is 7.66. The lowest BCUT2D eigenvalue weighted by Crippen LogP contribution is -2.49. The van der Waals surface area contributed by atoms with E-state index < -0.39 is 5.60 Å². The van der Waals surface area contributed by atoms with Crippen LogP contribution in [0.4, 0.5) is 0 Å². The molecule has 3 heteroatoms. The van der Waals surface area contributed by atoms with Crippen molar-refractivity contribution in [1.29, 1.82) is 0 Å². The topological polar surface area (TPSA) is 38.0 Å². The Balaban J connectivity index is 1.39. The maximum absolute atomic E-state index is 10.5. The SMILES string of the molecule is Cn1cc(C2=CC[C@H]3[C@@H]4CC[C@@H]5C[C@](C)(O)CC[C@@H]5[C@H]4CC[C@]23C)cn1. The summed E-state index contributed by atoms with van der Waals surface area (Å²) in [5.74, 6) is 4.27. The summed E-state index contributed by atoms with van der Waals surface area (Å²) >= 11 is 0. The number of hydrogen-bond acceptors (Lipinski definition) is 2. The smallest absolute Gasteiger partial charge is 0.0622 e. The Kier molecular flexibility index (Phi) is 3.74. The molecule has 5 rings (SSSR count). The molecule has 1 aromatic rings. The summed E-state index contributed by atoms with van der Waals surface area (Å²) in [6.45, 7) is 4.60. The highest BCUT2D eigenvalue weighted by Crippen LogP contribution is 2.64. The van der Waals surface area contributed by atoms with Gasteiger partial charge in [-0.15, -0.1) is 0 Å². The van der Waals surface area contributed by atoms with E-state index in [0.717, 1.165) is 42.4 Å². The van der Waals surface area contributed by atoms with Crippen LogP contribution in [0.1, 0.15) is 70.8 Å². The average Bonchev–Trinajstić information content (AvgIpc) is 3.16. The number of hydrogen-bond donors (Lipinski definition) is 1. The third-order valence-electron chi connectivity index (χ3n) is 8.83. The van der Waals surface area contributed by atoms with E-state index in [1.54, 1.807) is 5.57 Å². The minimum Gasteiger partial charge on any atom is -0.390 e. The van der Waals surface area contributed by atoms with Crippen molar-refractivity contribution in [1.82, 2.24) is 9.78 Å². The van der Waals surface area contributed by atoms with Crippen LogP contribution in [-0.2, 0) is 7.05 Å². The van der Waals surface area contributed by atoms with Gasteiger partial charge in [-0.3, -0.25) is 4.68 Å². The second-order valence-electron chi connectivity index (χ2n) is 10.4. The molecule has 3 fully saturated rings. The second kappa shape index (κ2) is 5.70. The number of aryl methyl sites for hydroxylation is 1. The molecular weight excluding hydrogens is 320 g/mol. The lowest BCUT2D eigenvalue weighted by atomic mass is 9.49. The molecule has 4 aliphatic rings. The van der Waals surface area contributed by atoms with Gasteiger partial charge < -0.3 is 5.11 Å². The van der Waals surface area contributed by atoms with E-state index in [1.165, 1.54) is 44.1 Å². The largest absolute Gasteiger partial charge is 0.390 e. The second-order valence-corrected chi connectivity index (χ2v) is 10.4. The molecule has 1 aromatic heterocycles. The Morgan fingerprint density at radius 1 is 1.08 bits per heavy atom. The van der Waals surface area contributed by atoms with Gasteiger partial charge in [0, 0.05) is 18.8 Å². The maximum atomic E-state index is 10.5. The van der Waals surface area contributed by atoms with Crippen molar-refractivity contribution in [3.05, 3.63) is 24.0 Å². The molecule has 4 aliphatic carbocycles. The van der Waals surface area contributed by atoms with Crippen molar-refractivity contribution in [2.45, 2.75) is 70.8 Å². The molecule has 0 saturated heterocycles. The van der Waals surface area contributed by atoms with Crippen molar-refractivity contribution in [3.8, 4) is 0 Å². The number of rotatable bonds is 1. The van der Waals surface area contributed by atoms with Crippen molar-refractivity contribution < 1.29 is 5.11 Å². The van der Waals surface area contributed by atoms with Crippen molar-refractivity contribution in [2.75, 3.05) is 0 Å². The lowest BCUT2D eigenvalue weighted by molar-refractivity contribution is -0.0886. The molecule has 26 heavy (non-hydrogen) atoms.